The second-order valence-corrected chi connectivity index (χ2v) is 10.1. The average Bonchev–Trinajstić information content (AvgIpc) is 3.22. The molecule has 0 saturated carbocycles. The molecule has 0 radical (unpaired) electrons. The van der Waals surface area contributed by atoms with Gasteiger partial charge < -0.3 is 10.6 Å². The van der Waals surface area contributed by atoms with Crippen LogP contribution in [0.25, 0.3) is 5.69 Å². The Labute approximate surface area is 208 Å². The highest BCUT2D eigenvalue weighted by Crippen LogP contribution is 2.27. The van der Waals surface area contributed by atoms with Crippen LogP contribution in [0, 0.1) is 12.8 Å². The van der Waals surface area contributed by atoms with Gasteiger partial charge in [-0.05, 0) is 85.5 Å². The van der Waals surface area contributed by atoms with E-state index in [0.29, 0.717) is 5.82 Å². The molecule has 0 atom stereocenters. The van der Waals surface area contributed by atoms with E-state index in [9.17, 15) is 4.79 Å². The van der Waals surface area contributed by atoms with Crippen molar-refractivity contribution in [2.75, 3.05) is 23.7 Å². The molecule has 0 spiro atoms. The summed E-state index contributed by atoms with van der Waals surface area (Å²) in [6.45, 7) is 10.9. The molecule has 34 heavy (non-hydrogen) atoms. The molecule has 2 aromatic carbocycles. The van der Waals surface area contributed by atoms with Crippen molar-refractivity contribution in [2.24, 2.45) is 5.92 Å². The van der Waals surface area contributed by atoms with Gasteiger partial charge in [-0.2, -0.15) is 5.10 Å². The van der Waals surface area contributed by atoms with Crippen LogP contribution in [0.5, 0.6) is 0 Å². The number of amides is 2. The van der Waals surface area contributed by atoms with Crippen LogP contribution in [-0.2, 0) is 11.8 Å². The molecule has 1 aliphatic rings. The quantitative estimate of drug-likeness (QED) is 0.413. The highest BCUT2D eigenvalue weighted by atomic mass is 35.5. The fraction of sp³-hybridized carbons (Fsp3) is 0.407. The average molecular weight is 482 g/mol. The Hall–Kier alpha value is -2.83. The third-order valence-corrected chi connectivity index (χ3v) is 6.37. The van der Waals surface area contributed by atoms with Gasteiger partial charge in [-0.1, -0.05) is 45.0 Å². The fourth-order valence-corrected chi connectivity index (χ4v) is 4.37. The van der Waals surface area contributed by atoms with Crippen LogP contribution in [0.3, 0.4) is 0 Å². The number of aryl methyl sites for hydroxylation is 1. The Bertz CT molecular complexity index is 1090. The zero-order valence-corrected chi connectivity index (χ0v) is 21.3. The summed E-state index contributed by atoms with van der Waals surface area (Å²) in [5.41, 5.74) is 5.51. The van der Waals surface area contributed by atoms with Crippen molar-refractivity contribution in [1.29, 1.82) is 0 Å². The van der Waals surface area contributed by atoms with Crippen molar-refractivity contribution in [3.05, 3.63) is 71.4 Å². The largest absolute Gasteiger partial charge is 0.324 e. The Kier molecular flexibility index (Phi) is 8.39. The van der Waals surface area contributed by atoms with Crippen molar-refractivity contribution < 1.29 is 4.79 Å². The molecule has 3 aromatic rings. The van der Waals surface area contributed by atoms with Crippen LogP contribution in [0.1, 0.15) is 50.3 Å². The fourth-order valence-electron chi connectivity index (χ4n) is 4.37. The van der Waals surface area contributed by atoms with Crippen LogP contribution in [0.4, 0.5) is 16.3 Å². The Balaban J connectivity index is 0.00000324. The van der Waals surface area contributed by atoms with E-state index in [-0.39, 0.29) is 23.9 Å². The van der Waals surface area contributed by atoms with Crippen molar-refractivity contribution >= 4 is 29.9 Å². The van der Waals surface area contributed by atoms with Gasteiger partial charge >= 0.3 is 6.03 Å². The van der Waals surface area contributed by atoms with Gasteiger partial charge in [0.2, 0.25) is 0 Å². The molecule has 0 aliphatic carbocycles. The minimum atomic E-state index is -0.285. The summed E-state index contributed by atoms with van der Waals surface area (Å²) in [5, 5.41) is 13.7. The van der Waals surface area contributed by atoms with E-state index < -0.39 is 0 Å². The number of piperidine rings is 1. The molecule has 3 N–H and O–H groups in total. The molecular formula is C27H36ClN5O. The number of hydrogen-bond acceptors (Lipinski definition) is 3. The maximum atomic E-state index is 12.7. The number of hydrogen-bond donors (Lipinski definition) is 3. The second-order valence-electron chi connectivity index (χ2n) is 10.1. The second kappa shape index (κ2) is 11.1. The van der Waals surface area contributed by atoms with E-state index in [1.54, 1.807) is 16.9 Å². The molecule has 0 bridgehead atoms. The molecule has 7 heteroatoms. The number of anilines is 2. The lowest BCUT2D eigenvalue weighted by Crippen LogP contribution is -2.28. The molecule has 1 aromatic heterocycles. The topological polar surface area (TPSA) is 71.0 Å². The third kappa shape index (κ3) is 6.39. The van der Waals surface area contributed by atoms with Gasteiger partial charge in [0.05, 0.1) is 11.9 Å². The maximum absolute atomic E-state index is 12.7. The Morgan fingerprint density at radius 3 is 2.41 bits per heavy atom. The summed E-state index contributed by atoms with van der Waals surface area (Å²) < 4.78 is 1.77. The lowest BCUT2D eigenvalue weighted by atomic mass is 9.86. The van der Waals surface area contributed by atoms with E-state index in [1.165, 1.54) is 24.0 Å². The molecule has 1 saturated heterocycles. The van der Waals surface area contributed by atoms with Crippen molar-refractivity contribution in [3.63, 3.8) is 0 Å². The van der Waals surface area contributed by atoms with E-state index in [1.807, 2.05) is 12.1 Å². The summed E-state index contributed by atoms with van der Waals surface area (Å²) in [7, 11) is 0. The van der Waals surface area contributed by atoms with Gasteiger partial charge in [0.15, 0.2) is 0 Å². The summed E-state index contributed by atoms with van der Waals surface area (Å²) >= 11 is 0. The monoisotopic (exact) mass is 481 g/mol. The van der Waals surface area contributed by atoms with E-state index in [2.05, 4.69) is 79.1 Å². The first-order chi connectivity index (χ1) is 15.8. The number of aromatic nitrogens is 2. The highest BCUT2D eigenvalue weighted by molar-refractivity contribution is 5.99. The smallest absolute Gasteiger partial charge is 0.317 e. The summed E-state index contributed by atoms with van der Waals surface area (Å²) in [6, 6.07) is 16.1. The van der Waals surface area contributed by atoms with Crippen molar-refractivity contribution in [2.45, 2.75) is 52.4 Å². The zero-order chi connectivity index (χ0) is 23.4. The maximum Gasteiger partial charge on any atom is 0.324 e. The minimum Gasteiger partial charge on any atom is -0.317 e. The summed E-state index contributed by atoms with van der Waals surface area (Å²) in [5.74, 6) is 1.37. The van der Waals surface area contributed by atoms with Gasteiger partial charge in [-0.25, -0.2) is 9.48 Å². The number of nitrogens with one attached hydrogen (secondary N) is 3. The van der Waals surface area contributed by atoms with Crippen LogP contribution < -0.4 is 16.0 Å². The van der Waals surface area contributed by atoms with E-state index >= 15 is 0 Å². The van der Waals surface area contributed by atoms with E-state index in [4.69, 9.17) is 0 Å². The van der Waals surface area contributed by atoms with Gasteiger partial charge in [-0.3, -0.25) is 5.32 Å². The van der Waals surface area contributed by atoms with Crippen LogP contribution in [-0.4, -0.2) is 28.9 Å². The summed E-state index contributed by atoms with van der Waals surface area (Å²) in [4.78, 5) is 12.7. The molecule has 182 valence electrons. The molecule has 0 unspecified atom stereocenters. The SMILES string of the molecule is Cc1cc(C(C)(C)C)ccc1-n1nccc1NC(=O)Nc1ccc(CC2CCNCC2)cc1.Cl. The number of rotatable bonds is 5. The van der Waals surface area contributed by atoms with Gasteiger partial charge in [0.25, 0.3) is 0 Å². The zero-order valence-electron chi connectivity index (χ0n) is 20.5. The number of carbonyl (C=O) groups is 1. The first-order valence-electron chi connectivity index (χ1n) is 11.8. The molecule has 2 heterocycles. The van der Waals surface area contributed by atoms with Crippen molar-refractivity contribution in [3.8, 4) is 5.69 Å². The normalized spacial score (nSPS) is 14.4. The minimum absolute atomic E-state index is 0. The van der Waals surface area contributed by atoms with Crippen LogP contribution in [0.15, 0.2) is 54.7 Å². The third-order valence-electron chi connectivity index (χ3n) is 6.37. The summed E-state index contributed by atoms with van der Waals surface area (Å²) in [6.07, 6.45) is 5.26. The molecule has 4 rings (SSSR count). The Morgan fingerprint density at radius 2 is 1.76 bits per heavy atom. The van der Waals surface area contributed by atoms with Crippen LogP contribution in [0.2, 0.25) is 0 Å². The number of carbonyl (C=O) groups excluding carboxylic acids is 1. The number of urea groups is 1. The number of benzene rings is 2. The predicted octanol–water partition coefficient (Wildman–Crippen LogP) is 6.09. The molecule has 2 amide bonds. The first-order valence-corrected chi connectivity index (χ1v) is 11.8. The lowest BCUT2D eigenvalue weighted by molar-refractivity contribution is 0.262. The highest BCUT2D eigenvalue weighted by Gasteiger charge is 2.17. The first kappa shape index (κ1) is 25.8. The molecule has 6 nitrogen and oxygen atoms in total. The molecular weight excluding hydrogens is 446 g/mol. The van der Waals surface area contributed by atoms with Gasteiger partial charge in [-0.15, -0.1) is 12.4 Å². The standard InChI is InChI=1S/C27H35N5O.ClH/c1-19-17-22(27(2,3)4)7-10-24(19)32-25(13-16-29-32)31-26(33)30-23-8-5-20(6-9-23)18-21-11-14-28-15-12-21;/h5-10,13,16-17,21,28H,11-12,14-15,18H2,1-4H3,(H2,30,31,33);1H. The molecule has 1 fully saturated rings. The number of halogens is 1. The van der Waals surface area contributed by atoms with Crippen LogP contribution >= 0.6 is 12.4 Å². The Morgan fingerprint density at radius 1 is 1.06 bits per heavy atom. The van der Waals surface area contributed by atoms with Gasteiger partial charge in [0.1, 0.15) is 5.82 Å². The van der Waals surface area contributed by atoms with Crippen molar-refractivity contribution in [1.82, 2.24) is 15.1 Å². The van der Waals surface area contributed by atoms with E-state index in [0.717, 1.165) is 42.4 Å². The predicted molar refractivity (Wildman–Crippen MR) is 143 cm³/mol. The van der Waals surface area contributed by atoms with Gasteiger partial charge in [0, 0.05) is 11.8 Å². The lowest BCUT2D eigenvalue weighted by Gasteiger charge is -2.22. The number of nitrogens with zero attached hydrogens (tertiary/aromatic N) is 2. The molecule has 1 aliphatic heterocycles.